The van der Waals surface area contributed by atoms with Gasteiger partial charge >= 0.3 is 0 Å². The first-order chi connectivity index (χ1) is 39.7. The number of fused-ring (bicyclic) bond motifs is 7. The third kappa shape index (κ3) is 7.85. The van der Waals surface area contributed by atoms with Crippen LogP contribution in [0.25, 0.3) is 99.1 Å². The van der Waals surface area contributed by atoms with E-state index >= 15 is 0 Å². The molecule has 0 saturated heterocycles. The van der Waals surface area contributed by atoms with Crippen LogP contribution < -0.4 is 4.90 Å². The van der Waals surface area contributed by atoms with Crippen molar-refractivity contribution in [1.82, 2.24) is 0 Å². The summed E-state index contributed by atoms with van der Waals surface area (Å²) in [6.07, 6.45) is 0. The van der Waals surface area contributed by atoms with Gasteiger partial charge in [0.05, 0.1) is 5.41 Å². The van der Waals surface area contributed by atoms with Gasteiger partial charge < -0.3 is 4.90 Å². The summed E-state index contributed by atoms with van der Waals surface area (Å²) < 4.78 is 0. The van der Waals surface area contributed by atoms with Gasteiger partial charge in [-0.05, 0) is 170 Å². The highest BCUT2D eigenvalue weighted by atomic mass is 15.1. The van der Waals surface area contributed by atoms with Crippen LogP contribution in [0.5, 0.6) is 0 Å². The van der Waals surface area contributed by atoms with Crippen LogP contribution in [0, 0.1) is 0 Å². The van der Waals surface area contributed by atoms with Crippen molar-refractivity contribution in [3.05, 3.63) is 344 Å². The standard InChI is InChI=1S/C79H53N/c1-5-20-59(21-6-1)77-72-31-16-15-29-69(72)70-49-43-63(52-74(70)78(77)60-22-7-2-8-23-60)58-41-46-67(47-42-58)80(66-44-39-56(40-45-66)55-33-35-57(36-34-55)62-38-37-54-19-13-14-24-61(54)51-62)68-48-50-76-73(53-68)71-30-17-18-32-75(71)79(76,64-25-9-3-10-26-64)65-27-11-4-12-28-65/h1-53H. The molecule has 0 N–H and O–H groups in total. The van der Waals surface area contributed by atoms with Gasteiger partial charge in [0.15, 0.2) is 0 Å². The monoisotopic (exact) mass is 1020 g/mol. The van der Waals surface area contributed by atoms with Crippen molar-refractivity contribution in [2.75, 3.05) is 4.90 Å². The Morgan fingerprint density at radius 1 is 0.212 bits per heavy atom. The lowest BCUT2D eigenvalue weighted by Gasteiger charge is -2.34. The molecule has 0 bridgehead atoms. The van der Waals surface area contributed by atoms with Crippen LogP contribution in [0.1, 0.15) is 22.3 Å². The molecule has 0 unspecified atom stereocenters. The Hall–Kier alpha value is -10.3. The molecule has 1 aliphatic rings. The van der Waals surface area contributed by atoms with E-state index in [1.807, 2.05) is 0 Å². The smallest absolute Gasteiger partial charge is 0.0713 e. The van der Waals surface area contributed by atoms with Gasteiger partial charge in [0, 0.05) is 17.1 Å². The molecule has 0 atom stereocenters. The van der Waals surface area contributed by atoms with E-state index in [-0.39, 0.29) is 0 Å². The SMILES string of the molecule is c1ccc(-c2c(-c3ccccc3)c3cc(-c4ccc(N(c5ccc(-c6ccc(-c7ccc8ccccc8c7)cc6)cc5)c5ccc6c(c5)-c5ccccc5C6(c5ccccc5)c5ccccc5)cc4)ccc3c3ccccc23)cc1. The first-order valence-electron chi connectivity index (χ1n) is 27.7. The zero-order chi connectivity index (χ0) is 53.0. The lowest BCUT2D eigenvalue weighted by atomic mass is 9.68. The van der Waals surface area contributed by atoms with E-state index < -0.39 is 5.41 Å². The fraction of sp³-hybridized carbons (Fsp3) is 0.0127. The number of nitrogens with zero attached hydrogens (tertiary/aromatic N) is 1. The largest absolute Gasteiger partial charge is 0.310 e. The Morgan fingerprint density at radius 3 is 1.24 bits per heavy atom. The average molecular weight is 1020 g/mol. The number of anilines is 3. The Labute approximate surface area is 467 Å². The van der Waals surface area contributed by atoms with E-state index in [0.717, 1.165) is 22.6 Å². The van der Waals surface area contributed by atoms with Crippen LogP contribution in [0.3, 0.4) is 0 Å². The maximum atomic E-state index is 2.43. The van der Waals surface area contributed by atoms with E-state index in [2.05, 4.69) is 326 Å². The Balaban J connectivity index is 0.862. The molecule has 1 aliphatic carbocycles. The molecule has 15 rings (SSSR count). The Bertz CT molecular complexity index is 4550. The molecule has 0 aliphatic heterocycles. The quantitative estimate of drug-likeness (QED) is 0.123. The summed E-state index contributed by atoms with van der Waals surface area (Å²) in [5, 5.41) is 7.50. The maximum absolute atomic E-state index is 2.43. The molecule has 1 nitrogen and oxygen atoms in total. The normalized spacial score (nSPS) is 12.3. The molecular weight excluding hydrogens is 963 g/mol. The van der Waals surface area contributed by atoms with Crippen LogP contribution >= 0.6 is 0 Å². The van der Waals surface area contributed by atoms with Gasteiger partial charge in [0.1, 0.15) is 0 Å². The lowest BCUT2D eigenvalue weighted by Crippen LogP contribution is -2.28. The van der Waals surface area contributed by atoms with E-state index in [9.17, 15) is 0 Å². The molecule has 0 amide bonds. The van der Waals surface area contributed by atoms with Gasteiger partial charge in [-0.2, -0.15) is 0 Å². The second-order valence-electron chi connectivity index (χ2n) is 21.1. The lowest BCUT2D eigenvalue weighted by molar-refractivity contribution is 0.768. The first-order valence-corrected chi connectivity index (χ1v) is 27.7. The van der Waals surface area contributed by atoms with E-state index in [4.69, 9.17) is 0 Å². The van der Waals surface area contributed by atoms with Crippen LogP contribution in [0.2, 0.25) is 0 Å². The average Bonchev–Trinajstić information content (AvgIpc) is 4.09. The molecular formula is C79H53N. The van der Waals surface area contributed by atoms with Gasteiger partial charge in [-0.15, -0.1) is 0 Å². The van der Waals surface area contributed by atoms with E-state index in [1.54, 1.807) is 0 Å². The van der Waals surface area contributed by atoms with Gasteiger partial charge in [-0.3, -0.25) is 0 Å². The van der Waals surface area contributed by atoms with E-state index in [1.165, 1.54) is 116 Å². The molecule has 0 spiro atoms. The third-order valence-corrected chi connectivity index (χ3v) is 16.7. The minimum absolute atomic E-state index is 0.487. The van der Waals surface area contributed by atoms with Crippen molar-refractivity contribution in [2.24, 2.45) is 0 Å². The molecule has 0 heterocycles. The summed E-state index contributed by atoms with van der Waals surface area (Å²) >= 11 is 0. The summed E-state index contributed by atoms with van der Waals surface area (Å²) in [5.41, 5.74) is 22.4. The van der Waals surface area contributed by atoms with Crippen molar-refractivity contribution in [3.8, 4) is 66.8 Å². The van der Waals surface area contributed by atoms with Crippen molar-refractivity contribution < 1.29 is 0 Å². The molecule has 14 aromatic carbocycles. The Morgan fingerprint density at radius 2 is 0.625 bits per heavy atom. The molecule has 1 heteroatoms. The number of rotatable bonds is 10. The van der Waals surface area contributed by atoms with Crippen LogP contribution in [-0.2, 0) is 5.41 Å². The van der Waals surface area contributed by atoms with Gasteiger partial charge in [0.2, 0.25) is 0 Å². The number of hydrogen-bond donors (Lipinski definition) is 0. The minimum Gasteiger partial charge on any atom is -0.310 e. The van der Waals surface area contributed by atoms with Crippen LogP contribution in [-0.4, -0.2) is 0 Å². The van der Waals surface area contributed by atoms with Gasteiger partial charge in [-0.25, -0.2) is 0 Å². The molecule has 14 aromatic rings. The van der Waals surface area contributed by atoms with Gasteiger partial charge in [0.25, 0.3) is 0 Å². The molecule has 0 radical (unpaired) electrons. The summed E-state index contributed by atoms with van der Waals surface area (Å²) in [4.78, 5) is 2.43. The first kappa shape index (κ1) is 46.9. The molecule has 80 heavy (non-hydrogen) atoms. The molecule has 0 aromatic heterocycles. The minimum atomic E-state index is -0.487. The second kappa shape index (κ2) is 19.6. The summed E-state index contributed by atoms with van der Waals surface area (Å²) in [6.45, 7) is 0. The van der Waals surface area contributed by atoms with Crippen molar-refractivity contribution in [1.29, 1.82) is 0 Å². The van der Waals surface area contributed by atoms with Gasteiger partial charge in [-0.1, -0.05) is 273 Å². The van der Waals surface area contributed by atoms with Crippen molar-refractivity contribution in [3.63, 3.8) is 0 Å². The highest BCUT2D eigenvalue weighted by Crippen LogP contribution is 2.57. The molecule has 374 valence electrons. The van der Waals surface area contributed by atoms with Crippen LogP contribution in [0.4, 0.5) is 17.1 Å². The summed E-state index contributed by atoms with van der Waals surface area (Å²) in [7, 11) is 0. The zero-order valence-electron chi connectivity index (χ0n) is 44.0. The molecule has 0 saturated carbocycles. The highest BCUT2D eigenvalue weighted by Gasteiger charge is 2.46. The predicted molar refractivity (Wildman–Crippen MR) is 338 cm³/mol. The Kier molecular flexibility index (Phi) is 11.5. The molecule has 0 fully saturated rings. The van der Waals surface area contributed by atoms with Crippen molar-refractivity contribution >= 4 is 49.4 Å². The maximum Gasteiger partial charge on any atom is 0.0713 e. The zero-order valence-corrected chi connectivity index (χ0v) is 44.0. The predicted octanol–water partition coefficient (Wildman–Crippen LogP) is 21.3. The van der Waals surface area contributed by atoms with Crippen molar-refractivity contribution in [2.45, 2.75) is 5.41 Å². The highest BCUT2D eigenvalue weighted by molar-refractivity contribution is 6.22. The summed E-state index contributed by atoms with van der Waals surface area (Å²) in [5.74, 6) is 0. The second-order valence-corrected chi connectivity index (χ2v) is 21.1. The van der Waals surface area contributed by atoms with E-state index in [0.29, 0.717) is 0 Å². The topological polar surface area (TPSA) is 3.24 Å². The third-order valence-electron chi connectivity index (χ3n) is 16.7. The van der Waals surface area contributed by atoms with Crippen LogP contribution in [0.15, 0.2) is 322 Å². The summed E-state index contributed by atoms with van der Waals surface area (Å²) in [6, 6.07) is 119. The number of hydrogen-bond acceptors (Lipinski definition) is 1. The number of benzene rings is 14. The fourth-order valence-corrected chi connectivity index (χ4v) is 13.0. The fourth-order valence-electron chi connectivity index (χ4n) is 13.0.